The molecule has 2 saturated heterocycles. The van der Waals surface area contributed by atoms with E-state index in [-0.39, 0.29) is 18.3 Å². The van der Waals surface area contributed by atoms with Crippen molar-refractivity contribution < 1.29 is 23.7 Å². The van der Waals surface area contributed by atoms with Crippen LogP contribution in [0, 0.1) is 0 Å². The number of hydrogen-bond donors (Lipinski definition) is 1. The van der Waals surface area contributed by atoms with Gasteiger partial charge in [0.05, 0.1) is 35.6 Å². The molecule has 4 heterocycles. The molecule has 30 heavy (non-hydrogen) atoms. The summed E-state index contributed by atoms with van der Waals surface area (Å²) < 4.78 is 28.0. The molecule has 158 valence electrons. The third kappa shape index (κ3) is 3.83. The van der Waals surface area contributed by atoms with Gasteiger partial charge in [0.25, 0.3) is 6.01 Å². The summed E-state index contributed by atoms with van der Waals surface area (Å²) in [7, 11) is 1.64. The average Bonchev–Trinajstić information content (AvgIpc) is 3.45. The van der Waals surface area contributed by atoms with Gasteiger partial charge < -0.3 is 28.7 Å². The van der Waals surface area contributed by atoms with Crippen LogP contribution in [0.5, 0.6) is 11.8 Å². The second-order valence-corrected chi connectivity index (χ2v) is 7.66. The van der Waals surface area contributed by atoms with Crippen LogP contribution in [0.25, 0.3) is 22.4 Å². The van der Waals surface area contributed by atoms with Gasteiger partial charge in [-0.3, -0.25) is 0 Å². The number of fused-ring (bicyclic) bond motifs is 2. The predicted molar refractivity (Wildman–Crippen MR) is 110 cm³/mol. The number of H-pyrrole nitrogens is 1. The fraction of sp³-hybridized carbons (Fsp3) is 0.429. The topological polar surface area (TPSA) is 87.7 Å². The van der Waals surface area contributed by atoms with Crippen molar-refractivity contribution in [3.63, 3.8) is 0 Å². The van der Waals surface area contributed by atoms with E-state index in [4.69, 9.17) is 35.3 Å². The second-order valence-electron chi connectivity index (χ2n) is 7.25. The van der Waals surface area contributed by atoms with Gasteiger partial charge in [0.1, 0.15) is 18.5 Å². The second kappa shape index (κ2) is 8.39. The highest BCUT2D eigenvalue weighted by Gasteiger charge is 2.43. The van der Waals surface area contributed by atoms with Crippen molar-refractivity contribution >= 4 is 22.8 Å². The van der Waals surface area contributed by atoms with Crippen molar-refractivity contribution in [2.24, 2.45) is 0 Å². The highest BCUT2D eigenvalue weighted by atomic mass is 35.5. The van der Waals surface area contributed by atoms with Crippen molar-refractivity contribution in [2.45, 2.75) is 24.7 Å². The first-order chi connectivity index (χ1) is 14.7. The van der Waals surface area contributed by atoms with Gasteiger partial charge in [-0.05, 0) is 36.8 Å². The van der Waals surface area contributed by atoms with E-state index in [1.807, 2.05) is 30.3 Å². The molecule has 0 aliphatic carbocycles. The summed E-state index contributed by atoms with van der Waals surface area (Å²) >= 11 is 6.49. The van der Waals surface area contributed by atoms with E-state index < -0.39 is 0 Å². The molecular formula is C21H22ClN3O5. The van der Waals surface area contributed by atoms with Crippen LogP contribution in [0.3, 0.4) is 0 Å². The van der Waals surface area contributed by atoms with Crippen molar-refractivity contribution in [1.29, 1.82) is 0 Å². The van der Waals surface area contributed by atoms with Gasteiger partial charge in [0.15, 0.2) is 11.8 Å². The van der Waals surface area contributed by atoms with Crippen molar-refractivity contribution in [3.8, 4) is 23.0 Å². The van der Waals surface area contributed by atoms with Crippen LogP contribution in [0.2, 0.25) is 5.02 Å². The Morgan fingerprint density at radius 3 is 2.87 bits per heavy atom. The smallest absolute Gasteiger partial charge is 0.296 e. The van der Waals surface area contributed by atoms with Gasteiger partial charge in [-0.1, -0.05) is 11.6 Å². The number of halogens is 1. The number of hydrogen-bond acceptors (Lipinski definition) is 7. The molecule has 0 saturated carbocycles. The van der Waals surface area contributed by atoms with Crippen LogP contribution in [-0.4, -0.2) is 66.8 Å². The van der Waals surface area contributed by atoms with E-state index in [0.717, 1.165) is 17.7 Å². The molecule has 9 heteroatoms. The summed E-state index contributed by atoms with van der Waals surface area (Å²) in [5, 5.41) is 0.522. The van der Waals surface area contributed by atoms with E-state index in [9.17, 15) is 0 Å². The minimum absolute atomic E-state index is 0.0463. The van der Waals surface area contributed by atoms with Gasteiger partial charge in [-0.2, -0.15) is 4.98 Å². The summed E-state index contributed by atoms with van der Waals surface area (Å²) in [4.78, 5) is 12.3. The Labute approximate surface area is 178 Å². The third-order valence-corrected chi connectivity index (χ3v) is 5.56. The molecule has 3 aromatic rings. The number of pyridine rings is 1. The van der Waals surface area contributed by atoms with Crippen LogP contribution in [0.4, 0.5) is 0 Å². The van der Waals surface area contributed by atoms with Crippen molar-refractivity contribution in [1.82, 2.24) is 15.0 Å². The minimum Gasteiger partial charge on any atom is -0.491 e. The molecule has 0 bridgehead atoms. The normalized spacial score (nSPS) is 23.1. The Morgan fingerprint density at radius 1 is 1.17 bits per heavy atom. The number of ether oxygens (including phenoxy) is 5. The summed E-state index contributed by atoms with van der Waals surface area (Å²) in [6.07, 6.45) is 0.787. The zero-order chi connectivity index (χ0) is 20.5. The van der Waals surface area contributed by atoms with Gasteiger partial charge >= 0.3 is 0 Å². The van der Waals surface area contributed by atoms with Gasteiger partial charge in [-0.25, -0.2) is 4.98 Å². The van der Waals surface area contributed by atoms with Crippen LogP contribution in [0.1, 0.15) is 6.42 Å². The van der Waals surface area contributed by atoms with Crippen molar-refractivity contribution in [2.75, 3.05) is 33.5 Å². The maximum atomic E-state index is 6.49. The standard InChI is InChI=1S/C21H22ClN3O5/c1-26-8-9-27-13-4-2-12(3-5-13)18-14(22)10-15-20(24-18)25-21(23-15)30-17-11-29-16-6-7-28-19(16)17/h2-5,10,16-17,19H,6-9,11H2,1H3,(H,23,24,25)/t16-,17-,19+/m1/s1. The molecule has 2 fully saturated rings. The Hall–Kier alpha value is -2.39. The number of imidazole rings is 1. The minimum atomic E-state index is -0.182. The first-order valence-corrected chi connectivity index (χ1v) is 10.3. The molecule has 3 atom stereocenters. The molecule has 0 spiro atoms. The monoisotopic (exact) mass is 431 g/mol. The Morgan fingerprint density at radius 2 is 2.03 bits per heavy atom. The highest BCUT2D eigenvalue weighted by molar-refractivity contribution is 6.33. The van der Waals surface area contributed by atoms with Crippen LogP contribution < -0.4 is 9.47 Å². The number of nitrogens with zero attached hydrogens (tertiary/aromatic N) is 2. The maximum absolute atomic E-state index is 6.49. The summed E-state index contributed by atoms with van der Waals surface area (Å²) in [6.45, 7) is 2.22. The number of methoxy groups -OCH3 is 1. The first-order valence-electron chi connectivity index (χ1n) is 9.89. The van der Waals surface area contributed by atoms with Gasteiger partial charge in [-0.15, -0.1) is 0 Å². The molecule has 5 rings (SSSR count). The molecule has 0 unspecified atom stereocenters. The number of aromatic amines is 1. The number of rotatable bonds is 7. The molecule has 0 radical (unpaired) electrons. The number of benzene rings is 1. The number of aromatic nitrogens is 3. The molecule has 2 aromatic heterocycles. The summed E-state index contributed by atoms with van der Waals surface area (Å²) in [6, 6.07) is 9.79. The van der Waals surface area contributed by atoms with Crippen LogP contribution >= 0.6 is 11.6 Å². The lowest BCUT2D eigenvalue weighted by molar-refractivity contribution is 0.0273. The fourth-order valence-corrected chi connectivity index (χ4v) is 4.04. The van der Waals surface area contributed by atoms with E-state index in [1.54, 1.807) is 7.11 Å². The fourth-order valence-electron chi connectivity index (χ4n) is 3.78. The maximum Gasteiger partial charge on any atom is 0.296 e. The number of nitrogens with one attached hydrogen (secondary N) is 1. The zero-order valence-corrected chi connectivity index (χ0v) is 17.2. The van der Waals surface area contributed by atoms with Gasteiger partial charge in [0, 0.05) is 19.3 Å². The van der Waals surface area contributed by atoms with E-state index >= 15 is 0 Å². The Balaban J connectivity index is 1.34. The van der Waals surface area contributed by atoms with E-state index in [0.29, 0.717) is 54.3 Å². The molecule has 1 aromatic carbocycles. The molecule has 8 nitrogen and oxygen atoms in total. The average molecular weight is 432 g/mol. The van der Waals surface area contributed by atoms with E-state index in [2.05, 4.69) is 15.0 Å². The molecular weight excluding hydrogens is 410 g/mol. The molecule has 2 aliphatic heterocycles. The third-order valence-electron chi connectivity index (χ3n) is 5.27. The summed E-state index contributed by atoms with van der Waals surface area (Å²) in [5.74, 6) is 0.759. The summed E-state index contributed by atoms with van der Waals surface area (Å²) in [5.41, 5.74) is 2.76. The Kier molecular flexibility index (Phi) is 5.47. The van der Waals surface area contributed by atoms with Crippen LogP contribution in [-0.2, 0) is 14.2 Å². The zero-order valence-electron chi connectivity index (χ0n) is 16.5. The quantitative estimate of drug-likeness (QED) is 0.574. The first kappa shape index (κ1) is 19.6. The van der Waals surface area contributed by atoms with Gasteiger partial charge in [0.2, 0.25) is 0 Å². The molecule has 2 aliphatic rings. The molecule has 0 amide bonds. The van der Waals surface area contributed by atoms with E-state index in [1.165, 1.54) is 0 Å². The lowest BCUT2D eigenvalue weighted by atomic mass is 10.1. The largest absolute Gasteiger partial charge is 0.491 e. The predicted octanol–water partition coefficient (Wildman–Crippen LogP) is 3.24. The lowest BCUT2D eigenvalue weighted by Gasteiger charge is -2.15. The lowest BCUT2D eigenvalue weighted by Crippen LogP contribution is -2.32. The molecule has 1 N–H and O–H groups in total. The Bertz CT molecular complexity index is 1030. The highest BCUT2D eigenvalue weighted by Crippen LogP contribution is 2.32. The van der Waals surface area contributed by atoms with Crippen LogP contribution in [0.15, 0.2) is 30.3 Å². The SMILES string of the molecule is COCCOc1ccc(-c2nc3nc(O[C@@H]4CO[C@@H]5CCO[C@@H]54)[nH]c3cc2Cl)cc1. The van der Waals surface area contributed by atoms with Crippen molar-refractivity contribution in [3.05, 3.63) is 35.4 Å².